The molecule has 70 valence electrons. The van der Waals surface area contributed by atoms with Crippen LogP contribution in [0.4, 0.5) is 0 Å². The van der Waals surface area contributed by atoms with E-state index in [2.05, 4.69) is 10.1 Å². The van der Waals surface area contributed by atoms with Gasteiger partial charge in [0.05, 0.1) is 6.61 Å². The average Bonchev–Trinajstić information content (AvgIpc) is 2.05. The monoisotopic (exact) mass is 182 g/mol. The molecule has 0 aliphatic rings. The van der Waals surface area contributed by atoms with Gasteiger partial charge in [-0.3, -0.25) is 4.79 Å². The van der Waals surface area contributed by atoms with E-state index in [1.54, 1.807) is 13.0 Å². The van der Waals surface area contributed by atoms with E-state index in [4.69, 9.17) is 5.26 Å². The number of nitriles is 1. The molecule has 0 aliphatic carbocycles. The molecule has 0 spiro atoms. The lowest BCUT2D eigenvalue weighted by atomic mass is 10.3. The molecule has 0 aliphatic heterocycles. The number of carbonyl (C=O) groups is 2. The second kappa shape index (κ2) is 5.77. The van der Waals surface area contributed by atoms with Gasteiger partial charge in [-0.05, 0) is 6.92 Å². The fourth-order valence-corrected chi connectivity index (χ4v) is 0.519. The van der Waals surface area contributed by atoms with Gasteiger partial charge in [0.2, 0.25) is 5.91 Å². The third-order valence-corrected chi connectivity index (χ3v) is 1.04. The van der Waals surface area contributed by atoms with Crippen LogP contribution in [0.1, 0.15) is 13.8 Å². The van der Waals surface area contributed by atoms with Crippen molar-refractivity contribution in [1.82, 2.24) is 5.32 Å². The van der Waals surface area contributed by atoms with Crippen molar-refractivity contribution < 1.29 is 14.3 Å². The maximum atomic E-state index is 10.9. The zero-order valence-corrected chi connectivity index (χ0v) is 7.46. The first-order chi connectivity index (χ1) is 6.11. The molecule has 1 N–H and O–H groups in total. The second-order valence-corrected chi connectivity index (χ2v) is 2.09. The number of hydrogen-bond acceptors (Lipinski definition) is 4. The molecule has 1 amide bonds. The number of ether oxygens (including phenoxy) is 1. The molecule has 0 aromatic heterocycles. The van der Waals surface area contributed by atoms with Gasteiger partial charge in [0.25, 0.3) is 0 Å². The van der Waals surface area contributed by atoms with Gasteiger partial charge < -0.3 is 10.1 Å². The van der Waals surface area contributed by atoms with E-state index in [1.807, 2.05) is 0 Å². The molecule has 0 fully saturated rings. The summed E-state index contributed by atoms with van der Waals surface area (Å²) in [5.74, 6) is -1.09. The van der Waals surface area contributed by atoms with E-state index in [1.165, 1.54) is 6.92 Å². The van der Waals surface area contributed by atoms with E-state index in [-0.39, 0.29) is 18.1 Å². The molecule has 0 atom stereocenters. The summed E-state index contributed by atoms with van der Waals surface area (Å²) in [6.07, 6.45) is 1.03. The van der Waals surface area contributed by atoms with Crippen molar-refractivity contribution in [3.8, 4) is 6.07 Å². The van der Waals surface area contributed by atoms with E-state index in [0.717, 1.165) is 6.20 Å². The van der Waals surface area contributed by atoms with Crippen LogP contribution < -0.4 is 5.32 Å². The van der Waals surface area contributed by atoms with E-state index < -0.39 is 5.97 Å². The van der Waals surface area contributed by atoms with Gasteiger partial charge in [0, 0.05) is 13.1 Å². The molecule has 0 saturated heterocycles. The Balaban J connectivity index is 4.34. The zero-order valence-electron chi connectivity index (χ0n) is 7.46. The van der Waals surface area contributed by atoms with Crippen LogP contribution in [0, 0.1) is 11.3 Å². The first-order valence-corrected chi connectivity index (χ1v) is 3.66. The van der Waals surface area contributed by atoms with Crippen molar-refractivity contribution in [3.63, 3.8) is 0 Å². The lowest BCUT2D eigenvalue weighted by Gasteiger charge is -1.98. The van der Waals surface area contributed by atoms with Gasteiger partial charge in [0.15, 0.2) is 5.57 Å². The largest absolute Gasteiger partial charge is 0.462 e. The predicted octanol–water partition coefficient (Wildman–Crippen LogP) is 0.0931. The van der Waals surface area contributed by atoms with E-state index in [0.29, 0.717) is 0 Å². The topological polar surface area (TPSA) is 79.2 Å². The van der Waals surface area contributed by atoms with Crippen LogP contribution in [0.5, 0.6) is 0 Å². The molecule has 5 heteroatoms. The molecule has 0 rings (SSSR count). The highest BCUT2D eigenvalue weighted by Crippen LogP contribution is 1.94. The third-order valence-electron chi connectivity index (χ3n) is 1.04. The molecule has 0 bridgehead atoms. The minimum absolute atomic E-state index is 0.192. The first-order valence-electron chi connectivity index (χ1n) is 3.66. The van der Waals surface area contributed by atoms with Gasteiger partial charge in [-0.2, -0.15) is 5.26 Å². The van der Waals surface area contributed by atoms with Crippen LogP contribution in [0.15, 0.2) is 11.8 Å². The van der Waals surface area contributed by atoms with Crippen molar-refractivity contribution in [3.05, 3.63) is 11.8 Å². The van der Waals surface area contributed by atoms with Crippen molar-refractivity contribution in [1.29, 1.82) is 5.26 Å². The summed E-state index contributed by atoms with van der Waals surface area (Å²) in [4.78, 5) is 21.3. The van der Waals surface area contributed by atoms with Gasteiger partial charge in [-0.15, -0.1) is 0 Å². The summed E-state index contributed by atoms with van der Waals surface area (Å²) >= 11 is 0. The van der Waals surface area contributed by atoms with Crippen molar-refractivity contribution in [2.24, 2.45) is 0 Å². The number of amides is 1. The Morgan fingerprint density at radius 2 is 2.23 bits per heavy atom. The van der Waals surface area contributed by atoms with Crippen LogP contribution in [0.2, 0.25) is 0 Å². The van der Waals surface area contributed by atoms with Crippen LogP contribution in [0.3, 0.4) is 0 Å². The van der Waals surface area contributed by atoms with Crippen molar-refractivity contribution in [2.75, 3.05) is 6.61 Å². The third kappa shape index (κ3) is 4.58. The maximum absolute atomic E-state index is 10.9. The minimum Gasteiger partial charge on any atom is -0.462 e. The summed E-state index contributed by atoms with van der Waals surface area (Å²) < 4.78 is 4.55. The fraction of sp³-hybridized carbons (Fsp3) is 0.375. The van der Waals surface area contributed by atoms with Gasteiger partial charge in [-0.25, -0.2) is 4.79 Å². The number of nitrogens with one attached hydrogen (secondary N) is 1. The molecular weight excluding hydrogens is 172 g/mol. The van der Waals surface area contributed by atoms with Crippen molar-refractivity contribution >= 4 is 11.9 Å². The Bertz CT molecular complexity index is 276. The first kappa shape index (κ1) is 11.2. The highest BCUT2D eigenvalue weighted by Gasteiger charge is 2.08. The quantitative estimate of drug-likeness (QED) is 0.381. The number of nitrogens with zero attached hydrogens (tertiary/aromatic N) is 1. The molecule has 0 saturated carbocycles. The van der Waals surface area contributed by atoms with Crippen LogP contribution in [-0.4, -0.2) is 18.5 Å². The van der Waals surface area contributed by atoms with E-state index >= 15 is 0 Å². The highest BCUT2D eigenvalue weighted by atomic mass is 16.5. The van der Waals surface area contributed by atoms with Crippen molar-refractivity contribution in [2.45, 2.75) is 13.8 Å². The number of rotatable bonds is 3. The Hall–Kier alpha value is -1.83. The normalized spacial score (nSPS) is 10.1. The average molecular weight is 182 g/mol. The van der Waals surface area contributed by atoms with Gasteiger partial charge in [-0.1, -0.05) is 0 Å². The molecule has 5 nitrogen and oxygen atoms in total. The standard InChI is InChI=1S/C8H10N2O3/c1-3-13-8(12)7(4-9)5-10-6(2)11/h5H,3H2,1-2H3,(H,10,11). The minimum atomic E-state index is -0.737. The molecule has 0 aromatic rings. The fourth-order valence-electron chi connectivity index (χ4n) is 0.519. The number of esters is 1. The van der Waals surface area contributed by atoms with Gasteiger partial charge >= 0.3 is 5.97 Å². The molecule has 0 heterocycles. The highest BCUT2D eigenvalue weighted by molar-refractivity contribution is 5.93. The molecular formula is C8H10N2O3. The predicted molar refractivity (Wildman–Crippen MR) is 44.1 cm³/mol. The van der Waals surface area contributed by atoms with Crippen LogP contribution in [-0.2, 0) is 14.3 Å². The Kier molecular flexibility index (Phi) is 4.96. The van der Waals surface area contributed by atoms with Crippen LogP contribution in [0.25, 0.3) is 0 Å². The lowest BCUT2D eigenvalue weighted by Crippen LogP contribution is -2.16. The molecule has 0 unspecified atom stereocenters. The Morgan fingerprint density at radius 3 is 2.62 bits per heavy atom. The Labute approximate surface area is 76.0 Å². The number of carbonyl (C=O) groups excluding carboxylic acids is 2. The Morgan fingerprint density at radius 1 is 1.62 bits per heavy atom. The van der Waals surface area contributed by atoms with E-state index in [9.17, 15) is 9.59 Å². The zero-order chi connectivity index (χ0) is 10.3. The van der Waals surface area contributed by atoms with Gasteiger partial charge in [0.1, 0.15) is 6.07 Å². The summed E-state index contributed by atoms with van der Waals surface area (Å²) in [6, 6.07) is 1.61. The summed E-state index contributed by atoms with van der Waals surface area (Å²) in [6.45, 7) is 3.10. The summed E-state index contributed by atoms with van der Waals surface area (Å²) in [5.41, 5.74) is -0.225. The molecule has 13 heavy (non-hydrogen) atoms. The van der Waals surface area contributed by atoms with Crippen LogP contribution >= 0.6 is 0 Å². The maximum Gasteiger partial charge on any atom is 0.350 e. The smallest absolute Gasteiger partial charge is 0.350 e. The molecule has 0 aromatic carbocycles. The summed E-state index contributed by atoms with van der Waals surface area (Å²) in [5, 5.41) is 10.7. The second-order valence-electron chi connectivity index (χ2n) is 2.09. The lowest BCUT2D eigenvalue weighted by molar-refractivity contribution is -0.138. The molecule has 0 radical (unpaired) electrons. The SMILES string of the molecule is CCOC(=O)C(C#N)=CNC(C)=O. The summed E-state index contributed by atoms with van der Waals surface area (Å²) in [7, 11) is 0. The number of hydrogen-bond donors (Lipinski definition) is 1.